The van der Waals surface area contributed by atoms with Crippen molar-refractivity contribution in [3.8, 4) is 0 Å². The number of allylic oxidation sites excluding steroid dienone is 2. The van der Waals surface area contributed by atoms with Crippen LogP contribution in [-0.2, 0) is 19.1 Å². The molecule has 0 radical (unpaired) electrons. The Kier molecular flexibility index (Phi) is 5.12. The van der Waals surface area contributed by atoms with Crippen LogP contribution in [0, 0.1) is 23.7 Å². The van der Waals surface area contributed by atoms with Gasteiger partial charge in [-0.15, -0.1) is 0 Å². The van der Waals surface area contributed by atoms with Gasteiger partial charge in [0.25, 0.3) is 0 Å². The predicted molar refractivity (Wildman–Crippen MR) is 98.8 cm³/mol. The predicted octanol–water partition coefficient (Wildman–Crippen LogP) is 0.921. The summed E-state index contributed by atoms with van der Waals surface area (Å²) < 4.78 is 4.99. The highest BCUT2D eigenvalue weighted by atomic mass is 16.6. The maximum Gasteiger partial charge on any atom is 0.409 e. The van der Waals surface area contributed by atoms with Gasteiger partial charge in [0.2, 0.25) is 17.7 Å². The molecular formula is C20H27N3O5. The second-order valence-corrected chi connectivity index (χ2v) is 8.11. The standard InChI is InChI=1S/C20H27N3O5/c1-2-28-20(27)22-8-5-14(6-9-22)21-15(24)7-10-23-18(25)16-12-3-4-13(11-12)17(16)19(23)26/h3-4,12-14,16-17H,2,5-11H2,1H3,(H,21,24)/t12-,13-,16-,17+/m0/s1. The van der Waals surface area contributed by atoms with E-state index in [4.69, 9.17) is 4.74 Å². The first kappa shape index (κ1) is 19.0. The lowest BCUT2D eigenvalue weighted by Crippen LogP contribution is -2.47. The van der Waals surface area contributed by atoms with Crippen molar-refractivity contribution < 1.29 is 23.9 Å². The minimum absolute atomic E-state index is 0.00239. The number of carbonyl (C=O) groups excluding carboxylic acids is 4. The molecule has 2 saturated heterocycles. The molecule has 152 valence electrons. The number of piperidine rings is 1. The maximum absolute atomic E-state index is 12.6. The van der Waals surface area contributed by atoms with E-state index in [2.05, 4.69) is 17.5 Å². The molecule has 28 heavy (non-hydrogen) atoms. The third kappa shape index (κ3) is 3.29. The number of hydrogen-bond acceptors (Lipinski definition) is 5. The summed E-state index contributed by atoms with van der Waals surface area (Å²) in [5, 5.41) is 2.96. The topological polar surface area (TPSA) is 96.0 Å². The molecule has 0 spiro atoms. The number of ether oxygens (including phenoxy) is 1. The summed E-state index contributed by atoms with van der Waals surface area (Å²) in [5.74, 6) is -0.418. The molecule has 3 fully saturated rings. The van der Waals surface area contributed by atoms with E-state index in [0.717, 1.165) is 6.42 Å². The number of nitrogens with zero attached hydrogens (tertiary/aromatic N) is 2. The number of amides is 4. The minimum Gasteiger partial charge on any atom is -0.450 e. The third-order valence-electron chi connectivity index (χ3n) is 6.51. The third-order valence-corrected chi connectivity index (χ3v) is 6.51. The Morgan fingerprint density at radius 3 is 2.29 bits per heavy atom. The molecule has 4 aliphatic rings. The summed E-state index contributed by atoms with van der Waals surface area (Å²) >= 11 is 0. The molecule has 0 unspecified atom stereocenters. The van der Waals surface area contributed by atoms with Gasteiger partial charge in [-0.2, -0.15) is 0 Å². The minimum atomic E-state index is -0.313. The Morgan fingerprint density at radius 1 is 1.11 bits per heavy atom. The quantitative estimate of drug-likeness (QED) is 0.557. The number of nitrogens with one attached hydrogen (secondary N) is 1. The molecule has 8 heteroatoms. The molecule has 0 aromatic heterocycles. The van der Waals surface area contributed by atoms with E-state index in [0.29, 0.717) is 32.5 Å². The van der Waals surface area contributed by atoms with Crippen molar-refractivity contribution in [3.05, 3.63) is 12.2 Å². The second kappa shape index (κ2) is 7.56. The lowest BCUT2D eigenvalue weighted by molar-refractivity contribution is -0.141. The number of carbonyl (C=O) groups is 4. The van der Waals surface area contributed by atoms with Crippen molar-refractivity contribution in [2.75, 3.05) is 26.2 Å². The molecule has 2 aliphatic carbocycles. The normalized spacial score (nSPS) is 31.5. The Bertz CT molecular complexity index is 683. The summed E-state index contributed by atoms with van der Waals surface area (Å²) in [6, 6.07) is 0.00239. The summed E-state index contributed by atoms with van der Waals surface area (Å²) in [6.45, 7) is 3.37. The molecule has 4 atom stereocenters. The van der Waals surface area contributed by atoms with Crippen LogP contribution in [0.4, 0.5) is 4.79 Å². The van der Waals surface area contributed by atoms with Crippen LogP contribution in [0.1, 0.15) is 32.6 Å². The summed E-state index contributed by atoms with van der Waals surface area (Å²) in [7, 11) is 0. The van der Waals surface area contributed by atoms with Crippen LogP contribution < -0.4 is 5.32 Å². The zero-order valence-corrected chi connectivity index (χ0v) is 16.1. The van der Waals surface area contributed by atoms with Crippen LogP contribution in [0.15, 0.2) is 12.2 Å². The van der Waals surface area contributed by atoms with Crippen molar-refractivity contribution in [1.82, 2.24) is 15.1 Å². The molecule has 2 aliphatic heterocycles. The number of imide groups is 1. The van der Waals surface area contributed by atoms with E-state index in [9.17, 15) is 19.2 Å². The van der Waals surface area contributed by atoms with Gasteiger partial charge in [0.15, 0.2) is 0 Å². The van der Waals surface area contributed by atoms with E-state index in [-0.39, 0.29) is 66.5 Å². The highest BCUT2D eigenvalue weighted by Gasteiger charge is 2.59. The Labute approximate surface area is 164 Å². The van der Waals surface area contributed by atoms with Crippen molar-refractivity contribution in [1.29, 1.82) is 0 Å². The van der Waals surface area contributed by atoms with Crippen molar-refractivity contribution in [2.24, 2.45) is 23.7 Å². The van der Waals surface area contributed by atoms with Crippen LogP contribution in [0.3, 0.4) is 0 Å². The Hall–Kier alpha value is -2.38. The molecule has 8 nitrogen and oxygen atoms in total. The van der Waals surface area contributed by atoms with Crippen molar-refractivity contribution in [3.63, 3.8) is 0 Å². The second-order valence-electron chi connectivity index (χ2n) is 8.11. The fourth-order valence-electron chi connectivity index (χ4n) is 5.12. The highest BCUT2D eigenvalue weighted by molar-refractivity contribution is 6.06. The molecule has 0 aromatic rings. The highest BCUT2D eigenvalue weighted by Crippen LogP contribution is 2.52. The lowest BCUT2D eigenvalue weighted by atomic mass is 9.85. The SMILES string of the molecule is CCOC(=O)N1CCC(NC(=O)CCN2C(=O)[C@@H]3[C@H](C2=O)[C@H]2C=C[C@H]3C2)CC1. The molecule has 1 N–H and O–H groups in total. The largest absolute Gasteiger partial charge is 0.450 e. The maximum atomic E-state index is 12.6. The monoisotopic (exact) mass is 389 g/mol. The zero-order valence-electron chi connectivity index (χ0n) is 16.1. The van der Waals surface area contributed by atoms with Gasteiger partial charge in [0.1, 0.15) is 0 Å². The summed E-state index contributed by atoms with van der Waals surface area (Å²) in [6.07, 6.45) is 6.19. The average molecular weight is 389 g/mol. The summed E-state index contributed by atoms with van der Waals surface area (Å²) in [5.41, 5.74) is 0. The van der Waals surface area contributed by atoms with Crippen molar-refractivity contribution >= 4 is 23.8 Å². The Morgan fingerprint density at radius 2 is 1.71 bits per heavy atom. The molecule has 4 amide bonds. The molecule has 2 heterocycles. The van der Waals surface area contributed by atoms with Crippen LogP contribution >= 0.6 is 0 Å². The van der Waals surface area contributed by atoms with Gasteiger partial charge < -0.3 is 15.0 Å². The van der Waals surface area contributed by atoms with Crippen molar-refractivity contribution in [2.45, 2.75) is 38.6 Å². The van der Waals surface area contributed by atoms with E-state index in [1.807, 2.05) is 0 Å². The number of rotatable bonds is 5. The van der Waals surface area contributed by atoms with E-state index in [1.165, 1.54) is 4.90 Å². The fourth-order valence-corrected chi connectivity index (χ4v) is 5.12. The fraction of sp³-hybridized carbons (Fsp3) is 0.700. The van der Waals surface area contributed by atoms with Crippen LogP contribution in [0.25, 0.3) is 0 Å². The average Bonchev–Trinajstić information content (AvgIpc) is 3.35. The van der Waals surface area contributed by atoms with Crippen LogP contribution in [0.2, 0.25) is 0 Å². The first-order valence-corrected chi connectivity index (χ1v) is 10.2. The number of fused-ring (bicyclic) bond motifs is 5. The van der Waals surface area contributed by atoms with Gasteiger partial charge in [-0.25, -0.2) is 4.79 Å². The smallest absolute Gasteiger partial charge is 0.409 e. The van der Waals surface area contributed by atoms with Gasteiger partial charge in [-0.05, 0) is 38.0 Å². The van der Waals surface area contributed by atoms with Gasteiger partial charge in [0, 0.05) is 32.1 Å². The van der Waals surface area contributed by atoms with Gasteiger partial charge in [-0.3, -0.25) is 19.3 Å². The lowest BCUT2D eigenvalue weighted by Gasteiger charge is -2.31. The number of hydrogen-bond donors (Lipinski definition) is 1. The van der Waals surface area contributed by atoms with E-state index in [1.54, 1.807) is 11.8 Å². The summed E-state index contributed by atoms with van der Waals surface area (Å²) in [4.78, 5) is 52.2. The molecule has 1 saturated carbocycles. The zero-order chi connectivity index (χ0) is 19.8. The Balaban J connectivity index is 1.22. The van der Waals surface area contributed by atoms with Crippen LogP contribution in [0.5, 0.6) is 0 Å². The van der Waals surface area contributed by atoms with Crippen LogP contribution in [-0.4, -0.2) is 65.9 Å². The van der Waals surface area contributed by atoms with Gasteiger partial charge in [0.05, 0.1) is 18.4 Å². The molecule has 4 rings (SSSR count). The van der Waals surface area contributed by atoms with E-state index >= 15 is 0 Å². The first-order valence-electron chi connectivity index (χ1n) is 10.2. The first-order chi connectivity index (χ1) is 13.5. The van der Waals surface area contributed by atoms with E-state index < -0.39 is 0 Å². The number of likely N-dealkylation sites (tertiary alicyclic amines) is 2. The molecule has 0 aromatic carbocycles. The molecular weight excluding hydrogens is 362 g/mol. The van der Waals surface area contributed by atoms with Gasteiger partial charge in [-0.1, -0.05) is 12.2 Å². The van der Waals surface area contributed by atoms with Gasteiger partial charge >= 0.3 is 6.09 Å². The molecule has 2 bridgehead atoms.